The first-order chi connectivity index (χ1) is 11.0. The number of fused-ring (bicyclic) bond motifs is 1. The van der Waals surface area contributed by atoms with Crippen LogP contribution in [0.1, 0.15) is 54.4 Å². The summed E-state index contributed by atoms with van der Waals surface area (Å²) in [7, 11) is 0. The van der Waals surface area contributed by atoms with Gasteiger partial charge in [0, 0.05) is 10.6 Å². The second kappa shape index (κ2) is 10.3. The van der Waals surface area contributed by atoms with Gasteiger partial charge in [0.1, 0.15) is 5.00 Å². The Kier molecular flexibility index (Phi) is 9.14. The van der Waals surface area contributed by atoms with Gasteiger partial charge in [-0.15, -0.1) is 17.1 Å². The van der Waals surface area contributed by atoms with Crippen LogP contribution in [0.2, 0.25) is 0 Å². The van der Waals surface area contributed by atoms with E-state index < -0.39 is 0 Å². The Bertz CT molecular complexity index is 607. The van der Waals surface area contributed by atoms with Gasteiger partial charge in [0.05, 0.1) is 12.2 Å². The van der Waals surface area contributed by atoms with Gasteiger partial charge >= 0.3 is 34.3 Å². The third-order valence-electron chi connectivity index (χ3n) is 3.32. The van der Waals surface area contributed by atoms with Crippen molar-refractivity contribution in [1.82, 2.24) is 0 Å². The standard InChI is InChI=1S/C16H21NO3S.BrH.Cu/c1-4-20-16(19)14-12-7-5-6-8-13(12)21-15(14)17-10(2)9-11(3)18;;/h9,18H,4-8H2,1-3H3;1H;/q;;+2/p-2/b11-9-,17-10+;;. The molecule has 23 heavy (non-hydrogen) atoms. The Morgan fingerprint density at radius 1 is 1.39 bits per heavy atom. The van der Waals surface area contributed by atoms with Gasteiger partial charge in [0.25, 0.3) is 0 Å². The molecule has 0 bridgehead atoms. The van der Waals surface area contributed by atoms with Crippen LogP contribution in [0.25, 0.3) is 0 Å². The molecular formula is C16H20BrCuNO3S. The fourth-order valence-corrected chi connectivity index (χ4v) is 3.84. The monoisotopic (exact) mass is 448 g/mol. The zero-order valence-corrected chi connectivity index (χ0v) is 16.7. The summed E-state index contributed by atoms with van der Waals surface area (Å²) >= 11 is 8.05. The molecule has 4 nitrogen and oxygen atoms in total. The molecule has 0 fully saturated rings. The molecule has 1 aromatic rings. The second-order valence-electron chi connectivity index (χ2n) is 5.12. The molecule has 131 valence electrons. The minimum absolute atomic E-state index is 0.0461. The number of ether oxygens (including phenoxy) is 1. The fraction of sp³-hybridized carbons (Fsp3) is 0.500. The number of nitrogens with zero attached hydrogens (tertiary/aromatic N) is 1. The summed E-state index contributed by atoms with van der Waals surface area (Å²) in [5.74, 6) is -0.346. The SMILES string of the molecule is CCOC(=O)c1c(/N=C(C)/C=C(/C)[O-])sc2c1CCCC2.[Cu+][Br]. The fourth-order valence-electron chi connectivity index (χ4n) is 2.53. The van der Waals surface area contributed by atoms with Gasteiger partial charge in [-0.05, 0) is 45.1 Å². The molecule has 2 rings (SSSR count). The first-order valence-electron chi connectivity index (χ1n) is 7.36. The van der Waals surface area contributed by atoms with Crippen molar-refractivity contribution in [2.75, 3.05) is 6.61 Å². The van der Waals surface area contributed by atoms with E-state index in [-0.39, 0.29) is 11.7 Å². The van der Waals surface area contributed by atoms with Crippen LogP contribution >= 0.6 is 25.4 Å². The van der Waals surface area contributed by atoms with Crippen LogP contribution in [-0.4, -0.2) is 18.3 Å². The van der Waals surface area contributed by atoms with Crippen LogP contribution in [0.4, 0.5) is 5.00 Å². The summed E-state index contributed by atoms with van der Waals surface area (Å²) in [6, 6.07) is 0. The van der Waals surface area contributed by atoms with Crippen LogP contribution < -0.4 is 5.11 Å². The number of carbonyl (C=O) groups excluding carboxylic acids is 1. The Hall–Kier alpha value is -0.621. The Balaban J connectivity index is 0.00000127. The van der Waals surface area contributed by atoms with E-state index in [1.165, 1.54) is 17.9 Å². The van der Waals surface area contributed by atoms with E-state index in [0.717, 1.165) is 31.2 Å². The average Bonchev–Trinajstić information content (AvgIpc) is 2.86. The molecule has 0 saturated carbocycles. The van der Waals surface area contributed by atoms with Crippen molar-refractivity contribution in [1.29, 1.82) is 0 Å². The number of rotatable bonds is 4. The van der Waals surface area contributed by atoms with Crippen LogP contribution in [0.3, 0.4) is 0 Å². The summed E-state index contributed by atoms with van der Waals surface area (Å²) in [6.07, 6.45) is 5.63. The summed E-state index contributed by atoms with van der Waals surface area (Å²) in [5, 5.41) is 11.8. The van der Waals surface area contributed by atoms with Gasteiger partial charge in [-0.2, -0.15) is 0 Å². The van der Waals surface area contributed by atoms with Crippen LogP contribution in [0.15, 0.2) is 16.8 Å². The predicted molar refractivity (Wildman–Crippen MR) is 92.4 cm³/mol. The number of esters is 1. The first-order valence-corrected chi connectivity index (χ1v) is 10.5. The topological polar surface area (TPSA) is 61.7 Å². The zero-order chi connectivity index (χ0) is 17.4. The second-order valence-corrected chi connectivity index (χ2v) is 6.20. The Labute approximate surface area is 156 Å². The molecule has 0 unspecified atom stereocenters. The summed E-state index contributed by atoms with van der Waals surface area (Å²) < 4.78 is 5.18. The quantitative estimate of drug-likeness (QED) is 0.302. The normalized spacial score (nSPS) is 14.7. The summed E-state index contributed by atoms with van der Waals surface area (Å²) in [6.45, 7) is 5.42. The zero-order valence-electron chi connectivity index (χ0n) is 13.4. The van der Waals surface area contributed by atoms with E-state index in [4.69, 9.17) is 4.74 Å². The van der Waals surface area contributed by atoms with Crippen molar-refractivity contribution in [3.63, 3.8) is 0 Å². The number of aryl methyl sites for hydroxylation is 1. The predicted octanol–water partition coefficient (Wildman–Crippen LogP) is 4.00. The molecule has 0 saturated heterocycles. The molecule has 1 heterocycles. The van der Waals surface area contributed by atoms with Crippen molar-refractivity contribution in [2.24, 2.45) is 4.99 Å². The van der Waals surface area contributed by atoms with E-state index >= 15 is 0 Å². The van der Waals surface area contributed by atoms with Crippen molar-refractivity contribution in [3.05, 3.63) is 27.8 Å². The summed E-state index contributed by atoms with van der Waals surface area (Å²) in [4.78, 5) is 17.9. The molecule has 1 aliphatic rings. The number of halogens is 1. The first kappa shape index (κ1) is 20.4. The Morgan fingerprint density at radius 3 is 2.65 bits per heavy atom. The van der Waals surface area contributed by atoms with Crippen molar-refractivity contribution >= 4 is 42.1 Å². The minimum atomic E-state index is -0.300. The molecule has 0 radical (unpaired) electrons. The van der Waals surface area contributed by atoms with E-state index in [1.54, 1.807) is 25.2 Å². The maximum atomic E-state index is 12.2. The number of hydrogen-bond acceptors (Lipinski definition) is 5. The third kappa shape index (κ3) is 5.75. The number of hydrogen-bond donors (Lipinski definition) is 0. The molecule has 7 heteroatoms. The molecule has 1 aromatic heterocycles. The molecule has 0 atom stereocenters. The van der Waals surface area contributed by atoms with Crippen LogP contribution in [0, 0.1) is 0 Å². The van der Waals surface area contributed by atoms with Gasteiger partial charge in [0.15, 0.2) is 0 Å². The van der Waals surface area contributed by atoms with Crippen LogP contribution in [0.5, 0.6) is 0 Å². The van der Waals surface area contributed by atoms with E-state index in [9.17, 15) is 9.90 Å². The van der Waals surface area contributed by atoms with Crippen molar-refractivity contribution in [3.8, 4) is 0 Å². The number of carbonyl (C=O) groups is 1. The molecule has 0 aromatic carbocycles. The third-order valence-corrected chi connectivity index (χ3v) is 4.51. The number of allylic oxidation sites excluding steroid dienone is 2. The van der Waals surface area contributed by atoms with E-state index in [2.05, 4.69) is 33.3 Å². The van der Waals surface area contributed by atoms with Crippen molar-refractivity contribution < 1.29 is 28.8 Å². The van der Waals surface area contributed by atoms with E-state index in [0.29, 0.717) is 22.9 Å². The van der Waals surface area contributed by atoms with Gasteiger partial charge in [-0.3, -0.25) is 0 Å². The van der Waals surface area contributed by atoms with E-state index in [1.807, 2.05) is 0 Å². The van der Waals surface area contributed by atoms with Gasteiger partial charge < -0.3 is 9.84 Å². The summed E-state index contributed by atoms with van der Waals surface area (Å²) in [5.41, 5.74) is 2.32. The number of thiophene rings is 1. The van der Waals surface area contributed by atoms with Crippen molar-refractivity contribution in [2.45, 2.75) is 46.5 Å². The molecule has 0 aliphatic heterocycles. The molecule has 0 spiro atoms. The Morgan fingerprint density at radius 2 is 2.04 bits per heavy atom. The molecule has 0 N–H and O–H groups in total. The van der Waals surface area contributed by atoms with Gasteiger partial charge in [-0.25, -0.2) is 9.79 Å². The molecular weight excluding hydrogens is 430 g/mol. The molecule has 0 amide bonds. The van der Waals surface area contributed by atoms with Crippen LogP contribution in [-0.2, 0) is 31.8 Å². The maximum absolute atomic E-state index is 12.2. The average molecular weight is 450 g/mol. The van der Waals surface area contributed by atoms with Gasteiger partial charge in [0.2, 0.25) is 0 Å². The molecule has 1 aliphatic carbocycles. The number of aliphatic imine (C=N–C) groups is 1. The van der Waals surface area contributed by atoms with Gasteiger partial charge in [-0.1, -0.05) is 13.0 Å².